The first-order valence-corrected chi connectivity index (χ1v) is 6.47. The molecule has 0 aliphatic heterocycles. The van der Waals surface area contributed by atoms with Crippen LogP contribution in [0, 0.1) is 12.3 Å². The summed E-state index contributed by atoms with van der Waals surface area (Å²) in [6.45, 7) is 3.19. The first-order valence-electron chi connectivity index (χ1n) is 5.68. The summed E-state index contributed by atoms with van der Waals surface area (Å²) in [5, 5.41) is 3.48. The lowest BCUT2D eigenvalue weighted by Gasteiger charge is -2.16. The number of benzene rings is 1. The standard InChI is InChI=1S/C14H18BrN/c1-3-7-13(16-10-4-2)11-12-8-5-6-9-14(12)15/h1,5-6,8-9,13,16H,4,7,10-11H2,2H3. The van der Waals surface area contributed by atoms with Gasteiger partial charge in [0.1, 0.15) is 0 Å². The molecule has 0 bridgehead atoms. The van der Waals surface area contributed by atoms with Crippen LogP contribution in [-0.2, 0) is 6.42 Å². The molecule has 0 fully saturated rings. The van der Waals surface area contributed by atoms with Gasteiger partial charge in [0.15, 0.2) is 0 Å². The fourth-order valence-electron chi connectivity index (χ4n) is 1.64. The third-order valence-corrected chi connectivity index (χ3v) is 3.25. The molecule has 0 radical (unpaired) electrons. The van der Waals surface area contributed by atoms with Gasteiger partial charge in [-0.1, -0.05) is 41.1 Å². The van der Waals surface area contributed by atoms with Crippen LogP contribution in [0.5, 0.6) is 0 Å². The van der Waals surface area contributed by atoms with E-state index in [4.69, 9.17) is 6.42 Å². The first kappa shape index (κ1) is 13.3. The van der Waals surface area contributed by atoms with E-state index in [0.29, 0.717) is 6.04 Å². The second-order valence-corrected chi connectivity index (χ2v) is 4.71. The zero-order valence-corrected chi connectivity index (χ0v) is 11.3. The van der Waals surface area contributed by atoms with Gasteiger partial charge in [-0.15, -0.1) is 12.3 Å². The molecule has 1 unspecified atom stereocenters. The Morgan fingerprint density at radius 2 is 2.19 bits per heavy atom. The lowest BCUT2D eigenvalue weighted by molar-refractivity contribution is 0.516. The number of rotatable bonds is 6. The third-order valence-electron chi connectivity index (χ3n) is 2.47. The SMILES string of the molecule is C#CCC(Cc1ccccc1Br)NCCC. The average molecular weight is 280 g/mol. The monoisotopic (exact) mass is 279 g/mol. The van der Waals surface area contributed by atoms with Gasteiger partial charge in [-0.2, -0.15) is 0 Å². The second kappa shape index (κ2) is 7.49. The summed E-state index contributed by atoms with van der Waals surface area (Å²) in [5.41, 5.74) is 1.31. The molecule has 1 aromatic carbocycles. The van der Waals surface area contributed by atoms with E-state index in [1.165, 1.54) is 5.56 Å². The van der Waals surface area contributed by atoms with Gasteiger partial charge in [-0.05, 0) is 31.0 Å². The van der Waals surface area contributed by atoms with Crippen LogP contribution in [0.25, 0.3) is 0 Å². The molecule has 2 heteroatoms. The molecule has 1 N–H and O–H groups in total. The van der Waals surface area contributed by atoms with E-state index in [2.05, 4.69) is 52.3 Å². The highest BCUT2D eigenvalue weighted by Crippen LogP contribution is 2.18. The van der Waals surface area contributed by atoms with Gasteiger partial charge >= 0.3 is 0 Å². The molecule has 0 aromatic heterocycles. The van der Waals surface area contributed by atoms with Crippen molar-refractivity contribution >= 4 is 15.9 Å². The van der Waals surface area contributed by atoms with Gasteiger partial charge in [0.25, 0.3) is 0 Å². The minimum absolute atomic E-state index is 0.378. The van der Waals surface area contributed by atoms with Gasteiger partial charge in [-0.25, -0.2) is 0 Å². The van der Waals surface area contributed by atoms with E-state index in [0.717, 1.165) is 30.3 Å². The van der Waals surface area contributed by atoms with Crippen LogP contribution in [0.15, 0.2) is 28.7 Å². The molecule has 16 heavy (non-hydrogen) atoms. The molecular formula is C14H18BrN. The highest BCUT2D eigenvalue weighted by Gasteiger charge is 2.08. The van der Waals surface area contributed by atoms with Crippen LogP contribution in [0.3, 0.4) is 0 Å². The van der Waals surface area contributed by atoms with Crippen molar-refractivity contribution in [3.8, 4) is 12.3 Å². The smallest absolute Gasteiger partial charge is 0.0243 e. The maximum absolute atomic E-state index is 5.39. The molecule has 0 saturated carbocycles. The van der Waals surface area contributed by atoms with Crippen molar-refractivity contribution < 1.29 is 0 Å². The van der Waals surface area contributed by atoms with Crippen molar-refractivity contribution in [3.05, 3.63) is 34.3 Å². The Morgan fingerprint density at radius 3 is 2.81 bits per heavy atom. The van der Waals surface area contributed by atoms with Gasteiger partial charge in [-0.3, -0.25) is 0 Å². The number of halogens is 1. The zero-order valence-electron chi connectivity index (χ0n) is 9.67. The Kier molecular flexibility index (Phi) is 6.22. The molecule has 0 heterocycles. The highest BCUT2D eigenvalue weighted by atomic mass is 79.9. The molecular weight excluding hydrogens is 262 g/mol. The van der Waals surface area contributed by atoms with E-state index in [9.17, 15) is 0 Å². The minimum Gasteiger partial charge on any atom is -0.313 e. The lowest BCUT2D eigenvalue weighted by atomic mass is 10.0. The average Bonchev–Trinajstić information content (AvgIpc) is 2.29. The van der Waals surface area contributed by atoms with Crippen molar-refractivity contribution in [2.45, 2.75) is 32.2 Å². The topological polar surface area (TPSA) is 12.0 Å². The second-order valence-electron chi connectivity index (χ2n) is 3.85. The maximum atomic E-state index is 5.39. The Labute approximate surface area is 107 Å². The fraction of sp³-hybridized carbons (Fsp3) is 0.429. The van der Waals surface area contributed by atoms with E-state index in [-0.39, 0.29) is 0 Å². The summed E-state index contributed by atoms with van der Waals surface area (Å²) in [6, 6.07) is 8.68. The summed E-state index contributed by atoms with van der Waals surface area (Å²) >= 11 is 3.56. The summed E-state index contributed by atoms with van der Waals surface area (Å²) < 4.78 is 1.16. The minimum atomic E-state index is 0.378. The quantitative estimate of drug-likeness (QED) is 0.788. The normalized spacial score (nSPS) is 12.1. The van der Waals surface area contributed by atoms with Crippen molar-refractivity contribution in [3.63, 3.8) is 0 Å². The number of hydrogen-bond donors (Lipinski definition) is 1. The number of nitrogens with one attached hydrogen (secondary N) is 1. The van der Waals surface area contributed by atoms with Crippen LogP contribution < -0.4 is 5.32 Å². The molecule has 0 saturated heterocycles. The van der Waals surface area contributed by atoms with Crippen LogP contribution >= 0.6 is 15.9 Å². The predicted octanol–water partition coefficient (Wildman–Crippen LogP) is 3.38. The molecule has 0 aliphatic carbocycles. The Morgan fingerprint density at radius 1 is 1.44 bits per heavy atom. The van der Waals surface area contributed by atoms with Gasteiger partial charge in [0.2, 0.25) is 0 Å². The molecule has 1 aromatic rings. The molecule has 1 rings (SSSR count). The zero-order chi connectivity index (χ0) is 11.8. The first-order chi connectivity index (χ1) is 7.77. The van der Waals surface area contributed by atoms with E-state index < -0.39 is 0 Å². The molecule has 86 valence electrons. The van der Waals surface area contributed by atoms with Crippen molar-refractivity contribution in [2.24, 2.45) is 0 Å². The highest BCUT2D eigenvalue weighted by molar-refractivity contribution is 9.10. The predicted molar refractivity (Wildman–Crippen MR) is 73.4 cm³/mol. The lowest BCUT2D eigenvalue weighted by Crippen LogP contribution is -2.31. The van der Waals surface area contributed by atoms with Crippen molar-refractivity contribution in [1.29, 1.82) is 0 Å². The molecule has 1 nitrogen and oxygen atoms in total. The molecule has 0 amide bonds. The third kappa shape index (κ3) is 4.38. The van der Waals surface area contributed by atoms with Crippen molar-refractivity contribution in [1.82, 2.24) is 5.32 Å². The van der Waals surface area contributed by atoms with Crippen LogP contribution in [-0.4, -0.2) is 12.6 Å². The Hall–Kier alpha value is -0.780. The molecule has 0 spiro atoms. The maximum Gasteiger partial charge on any atom is 0.0243 e. The van der Waals surface area contributed by atoms with Gasteiger partial charge < -0.3 is 5.32 Å². The summed E-state index contributed by atoms with van der Waals surface area (Å²) in [5.74, 6) is 2.74. The van der Waals surface area contributed by atoms with Crippen LogP contribution in [0.1, 0.15) is 25.3 Å². The Balaban J connectivity index is 2.61. The van der Waals surface area contributed by atoms with E-state index >= 15 is 0 Å². The van der Waals surface area contributed by atoms with Gasteiger partial charge in [0.05, 0.1) is 0 Å². The molecule has 0 aliphatic rings. The number of terminal acetylenes is 1. The van der Waals surface area contributed by atoms with Crippen LogP contribution in [0.4, 0.5) is 0 Å². The van der Waals surface area contributed by atoms with Gasteiger partial charge in [0, 0.05) is 16.9 Å². The summed E-state index contributed by atoms with van der Waals surface area (Å²) in [4.78, 5) is 0. The summed E-state index contributed by atoms with van der Waals surface area (Å²) in [7, 11) is 0. The molecule has 1 atom stereocenters. The van der Waals surface area contributed by atoms with Crippen LogP contribution in [0.2, 0.25) is 0 Å². The Bertz CT molecular complexity index is 354. The van der Waals surface area contributed by atoms with Crippen molar-refractivity contribution in [2.75, 3.05) is 6.54 Å². The number of hydrogen-bond acceptors (Lipinski definition) is 1. The van der Waals surface area contributed by atoms with E-state index in [1.807, 2.05) is 6.07 Å². The largest absolute Gasteiger partial charge is 0.313 e. The fourth-order valence-corrected chi connectivity index (χ4v) is 2.08. The summed E-state index contributed by atoms with van der Waals surface area (Å²) in [6.07, 6.45) is 8.28. The van der Waals surface area contributed by atoms with E-state index in [1.54, 1.807) is 0 Å².